The Bertz CT molecular complexity index is 466. The van der Waals surface area contributed by atoms with Gasteiger partial charge in [0.15, 0.2) is 0 Å². The minimum atomic E-state index is -0.701. The minimum Gasteiger partial charge on any atom is -0.493 e. The summed E-state index contributed by atoms with van der Waals surface area (Å²) in [6, 6.07) is 0. The third-order valence-electron chi connectivity index (χ3n) is 2.79. The second-order valence-corrected chi connectivity index (χ2v) is 4.34. The van der Waals surface area contributed by atoms with Crippen molar-refractivity contribution in [2.75, 3.05) is 31.2 Å². The Morgan fingerprint density at radius 3 is 2.72 bits per heavy atom. The highest BCUT2D eigenvalue weighted by atomic mass is 16.5. The van der Waals surface area contributed by atoms with Gasteiger partial charge in [-0.15, -0.1) is 0 Å². The largest absolute Gasteiger partial charge is 0.493 e. The Kier molecular flexibility index (Phi) is 3.83. The summed E-state index contributed by atoms with van der Waals surface area (Å²) in [6.45, 7) is 3.94. The summed E-state index contributed by atoms with van der Waals surface area (Å²) in [5, 5.41) is 19.0. The molecule has 0 amide bonds. The number of aromatic amines is 1. The second kappa shape index (κ2) is 5.36. The number of nitrogens with zero attached hydrogens (tertiary/aromatic N) is 2. The lowest BCUT2D eigenvalue weighted by Gasteiger charge is -2.27. The predicted molar refractivity (Wildman–Crippen MR) is 64.9 cm³/mol. The number of aliphatic hydroxyl groups is 1. The summed E-state index contributed by atoms with van der Waals surface area (Å²) in [6.07, 6.45) is -0.620. The first kappa shape index (κ1) is 12.8. The molecule has 0 saturated carbocycles. The smallest absolute Gasteiger partial charge is 0.259 e. The van der Waals surface area contributed by atoms with Gasteiger partial charge in [0.2, 0.25) is 11.8 Å². The van der Waals surface area contributed by atoms with Crippen molar-refractivity contribution in [1.82, 2.24) is 9.97 Å². The molecule has 0 aliphatic carbocycles. The highest BCUT2D eigenvalue weighted by molar-refractivity contribution is 5.36. The van der Waals surface area contributed by atoms with Gasteiger partial charge in [-0.2, -0.15) is 4.98 Å². The number of H-pyrrole nitrogens is 1. The summed E-state index contributed by atoms with van der Waals surface area (Å²) in [5.41, 5.74) is -0.299. The Morgan fingerprint density at radius 2 is 2.17 bits per heavy atom. The SMILES string of the molecule is CC(O)Cc1c(O)nc(N2CCOCC2)[nH]c1=O. The summed E-state index contributed by atoms with van der Waals surface area (Å²) in [4.78, 5) is 20.3. The van der Waals surface area contributed by atoms with E-state index in [0.717, 1.165) is 0 Å². The molecule has 100 valence electrons. The molecule has 1 aliphatic heterocycles. The molecule has 0 bridgehead atoms. The number of aromatic nitrogens is 2. The van der Waals surface area contributed by atoms with Crippen molar-refractivity contribution >= 4 is 5.95 Å². The molecule has 1 atom stereocenters. The van der Waals surface area contributed by atoms with Crippen molar-refractivity contribution < 1.29 is 14.9 Å². The molecule has 0 aromatic carbocycles. The zero-order chi connectivity index (χ0) is 13.1. The molecule has 2 rings (SSSR count). The summed E-state index contributed by atoms with van der Waals surface area (Å²) in [7, 11) is 0. The fraction of sp³-hybridized carbons (Fsp3) is 0.636. The lowest BCUT2D eigenvalue weighted by Crippen LogP contribution is -2.38. The van der Waals surface area contributed by atoms with Crippen molar-refractivity contribution in [1.29, 1.82) is 0 Å². The van der Waals surface area contributed by atoms with Gasteiger partial charge in [-0.05, 0) is 6.92 Å². The standard InChI is InChI=1S/C11H17N3O4/c1-7(15)6-8-9(16)12-11(13-10(8)17)14-2-4-18-5-3-14/h7,15H,2-6H2,1H3,(H2,12,13,16,17). The van der Waals surface area contributed by atoms with Crippen molar-refractivity contribution in [3.8, 4) is 5.88 Å². The summed E-state index contributed by atoms with van der Waals surface area (Å²) < 4.78 is 5.20. The Balaban J connectivity index is 2.27. The Morgan fingerprint density at radius 1 is 1.50 bits per heavy atom. The van der Waals surface area contributed by atoms with Gasteiger partial charge in [-0.1, -0.05) is 0 Å². The van der Waals surface area contributed by atoms with E-state index in [9.17, 15) is 15.0 Å². The van der Waals surface area contributed by atoms with Crippen molar-refractivity contribution in [2.45, 2.75) is 19.4 Å². The average Bonchev–Trinajstić information content (AvgIpc) is 2.34. The van der Waals surface area contributed by atoms with E-state index in [-0.39, 0.29) is 17.9 Å². The van der Waals surface area contributed by atoms with Gasteiger partial charge in [-0.25, -0.2) is 0 Å². The number of aliphatic hydroxyl groups excluding tert-OH is 1. The molecule has 1 aliphatic rings. The molecule has 1 aromatic rings. The third kappa shape index (κ3) is 2.80. The van der Waals surface area contributed by atoms with E-state index in [2.05, 4.69) is 9.97 Å². The van der Waals surface area contributed by atoms with Crippen LogP contribution in [0.4, 0.5) is 5.95 Å². The number of rotatable bonds is 3. The number of ether oxygens (including phenoxy) is 1. The second-order valence-electron chi connectivity index (χ2n) is 4.34. The first-order valence-corrected chi connectivity index (χ1v) is 5.91. The Hall–Kier alpha value is -1.60. The normalized spacial score (nSPS) is 17.8. The molecule has 1 fully saturated rings. The average molecular weight is 255 g/mol. The lowest BCUT2D eigenvalue weighted by molar-refractivity contribution is 0.122. The fourth-order valence-electron chi connectivity index (χ4n) is 1.88. The number of aromatic hydroxyl groups is 1. The third-order valence-corrected chi connectivity index (χ3v) is 2.79. The van der Waals surface area contributed by atoms with Gasteiger partial charge >= 0.3 is 0 Å². The maximum absolute atomic E-state index is 11.8. The maximum Gasteiger partial charge on any atom is 0.259 e. The zero-order valence-corrected chi connectivity index (χ0v) is 10.2. The monoisotopic (exact) mass is 255 g/mol. The van der Waals surface area contributed by atoms with Crippen LogP contribution in [0.15, 0.2) is 4.79 Å². The van der Waals surface area contributed by atoms with E-state index in [0.29, 0.717) is 32.3 Å². The number of anilines is 1. The summed E-state index contributed by atoms with van der Waals surface area (Å²) in [5.74, 6) is 0.0243. The molecule has 1 saturated heterocycles. The van der Waals surface area contributed by atoms with Gasteiger partial charge in [0, 0.05) is 19.5 Å². The van der Waals surface area contributed by atoms with E-state index in [1.54, 1.807) is 6.92 Å². The van der Waals surface area contributed by atoms with Crippen LogP contribution in [0.5, 0.6) is 5.88 Å². The molecule has 3 N–H and O–H groups in total. The van der Waals surface area contributed by atoms with Crippen molar-refractivity contribution in [3.63, 3.8) is 0 Å². The molecule has 7 heteroatoms. The highest BCUT2D eigenvalue weighted by Crippen LogP contribution is 2.16. The maximum atomic E-state index is 11.8. The van der Waals surface area contributed by atoms with E-state index in [1.165, 1.54) is 0 Å². The fourth-order valence-corrected chi connectivity index (χ4v) is 1.88. The van der Waals surface area contributed by atoms with Gasteiger partial charge in [-0.3, -0.25) is 9.78 Å². The predicted octanol–water partition coefficient (Wildman–Crippen LogP) is -0.765. The number of hydrogen-bond donors (Lipinski definition) is 3. The van der Waals surface area contributed by atoms with Crippen LogP contribution in [-0.4, -0.2) is 52.6 Å². The quantitative estimate of drug-likeness (QED) is 0.656. The minimum absolute atomic E-state index is 0.0809. The molecule has 1 aromatic heterocycles. The Labute approximate surface area is 104 Å². The number of morpholine rings is 1. The highest BCUT2D eigenvalue weighted by Gasteiger charge is 2.18. The first-order valence-electron chi connectivity index (χ1n) is 5.91. The van der Waals surface area contributed by atoms with E-state index in [4.69, 9.17) is 4.74 Å². The van der Waals surface area contributed by atoms with Crippen LogP contribution in [-0.2, 0) is 11.2 Å². The molecule has 1 unspecified atom stereocenters. The first-order chi connectivity index (χ1) is 8.58. The van der Waals surface area contributed by atoms with Crippen LogP contribution in [0.1, 0.15) is 12.5 Å². The van der Waals surface area contributed by atoms with Crippen LogP contribution in [0, 0.1) is 0 Å². The van der Waals surface area contributed by atoms with Crippen LogP contribution >= 0.6 is 0 Å². The van der Waals surface area contributed by atoms with Crippen molar-refractivity contribution in [2.24, 2.45) is 0 Å². The van der Waals surface area contributed by atoms with Gasteiger partial charge in [0.1, 0.15) is 0 Å². The van der Waals surface area contributed by atoms with Crippen LogP contribution in [0.3, 0.4) is 0 Å². The molecule has 0 spiro atoms. The topological polar surface area (TPSA) is 98.7 Å². The summed E-state index contributed by atoms with van der Waals surface area (Å²) >= 11 is 0. The molecule has 18 heavy (non-hydrogen) atoms. The van der Waals surface area contributed by atoms with E-state index in [1.807, 2.05) is 4.90 Å². The van der Waals surface area contributed by atoms with Gasteiger partial charge in [0.05, 0.1) is 24.9 Å². The van der Waals surface area contributed by atoms with Crippen molar-refractivity contribution in [3.05, 3.63) is 15.9 Å². The molecular weight excluding hydrogens is 238 g/mol. The number of nitrogens with one attached hydrogen (secondary N) is 1. The van der Waals surface area contributed by atoms with E-state index < -0.39 is 11.7 Å². The van der Waals surface area contributed by atoms with E-state index >= 15 is 0 Å². The molecule has 0 radical (unpaired) electrons. The van der Waals surface area contributed by atoms with Crippen LogP contribution in [0.2, 0.25) is 0 Å². The molecular formula is C11H17N3O4. The van der Waals surface area contributed by atoms with Crippen LogP contribution in [0.25, 0.3) is 0 Å². The van der Waals surface area contributed by atoms with Gasteiger partial charge in [0.25, 0.3) is 5.56 Å². The van der Waals surface area contributed by atoms with Crippen LogP contribution < -0.4 is 10.5 Å². The zero-order valence-electron chi connectivity index (χ0n) is 10.2. The molecule has 2 heterocycles. The van der Waals surface area contributed by atoms with Gasteiger partial charge < -0.3 is 19.8 Å². The lowest BCUT2D eigenvalue weighted by atomic mass is 10.1. The number of hydrogen-bond acceptors (Lipinski definition) is 6. The molecule has 7 nitrogen and oxygen atoms in total.